The first-order chi connectivity index (χ1) is 9.58. The van der Waals surface area contributed by atoms with E-state index in [0.717, 1.165) is 37.9 Å². The van der Waals surface area contributed by atoms with Crippen molar-refractivity contribution in [3.8, 4) is 0 Å². The SMILES string of the molecule is CC(C)c1cc(NC(=O)CN2CCC(C=O)CC2)on1. The standard InChI is InChI=1S/C14H21N3O3/c1-10(2)12-7-14(20-16-12)15-13(19)8-17-5-3-11(9-18)4-6-17/h7,9-11H,3-6,8H2,1-2H3,(H,15,19). The van der Waals surface area contributed by atoms with Gasteiger partial charge < -0.3 is 9.32 Å². The minimum Gasteiger partial charge on any atom is -0.338 e. The molecule has 1 saturated heterocycles. The normalized spacial score (nSPS) is 17.4. The molecule has 0 atom stereocenters. The Hall–Kier alpha value is -1.69. The van der Waals surface area contributed by atoms with Gasteiger partial charge in [-0.15, -0.1) is 0 Å². The zero-order valence-corrected chi connectivity index (χ0v) is 12.0. The lowest BCUT2D eigenvalue weighted by Crippen LogP contribution is -2.39. The predicted octanol–water partition coefficient (Wildman–Crippen LogP) is 1.65. The molecule has 1 aromatic heterocycles. The van der Waals surface area contributed by atoms with Crippen molar-refractivity contribution in [1.82, 2.24) is 10.1 Å². The van der Waals surface area contributed by atoms with Crippen molar-refractivity contribution in [1.29, 1.82) is 0 Å². The summed E-state index contributed by atoms with van der Waals surface area (Å²) in [5.41, 5.74) is 0.826. The molecule has 6 nitrogen and oxygen atoms in total. The Morgan fingerprint density at radius 1 is 1.55 bits per heavy atom. The molecular weight excluding hydrogens is 258 g/mol. The smallest absolute Gasteiger partial charge is 0.240 e. The molecule has 6 heteroatoms. The fraction of sp³-hybridized carbons (Fsp3) is 0.643. The lowest BCUT2D eigenvalue weighted by molar-refractivity contribution is -0.118. The zero-order chi connectivity index (χ0) is 14.5. The first-order valence-electron chi connectivity index (χ1n) is 7.02. The number of carbonyl (C=O) groups excluding carboxylic acids is 2. The molecule has 1 fully saturated rings. The van der Waals surface area contributed by atoms with Crippen molar-refractivity contribution >= 4 is 18.1 Å². The van der Waals surface area contributed by atoms with Crippen molar-refractivity contribution in [2.75, 3.05) is 25.0 Å². The van der Waals surface area contributed by atoms with E-state index in [1.54, 1.807) is 6.07 Å². The highest BCUT2D eigenvalue weighted by atomic mass is 16.5. The molecule has 0 bridgehead atoms. The Labute approximate surface area is 118 Å². The minimum absolute atomic E-state index is 0.110. The maximum Gasteiger partial charge on any atom is 0.240 e. The molecule has 1 amide bonds. The molecule has 1 aliphatic rings. The highest BCUT2D eigenvalue weighted by Gasteiger charge is 2.20. The second-order valence-electron chi connectivity index (χ2n) is 5.57. The van der Waals surface area contributed by atoms with E-state index in [-0.39, 0.29) is 17.7 Å². The maximum atomic E-state index is 11.9. The van der Waals surface area contributed by atoms with Gasteiger partial charge in [0, 0.05) is 12.0 Å². The number of nitrogens with one attached hydrogen (secondary N) is 1. The molecule has 110 valence electrons. The number of hydrogen-bond acceptors (Lipinski definition) is 5. The largest absolute Gasteiger partial charge is 0.338 e. The number of nitrogens with zero attached hydrogens (tertiary/aromatic N) is 2. The average Bonchev–Trinajstić information content (AvgIpc) is 2.88. The molecular formula is C14H21N3O3. The van der Waals surface area contributed by atoms with Crippen molar-refractivity contribution < 1.29 is 14.1 Å². The van der Waals surface area contributed by atoms with E-state index in [0.29, 0.717) is 12.4 Å². The lowest BCUT2D eigenvalue weighted by Gasteiger charge is -2.28. The van der Waals surface area contributed by atoms with Crippen molar-refractivity contribution in [3.63, 3.8) is 0 Å². The Morgan fingerprint density at radius 2 is 2.25 bits per heavy atom. The van der Waals surface area contributed by atoms with Crippen LogP contribution >= 0.6 is 0 Å². The summed E-state index contributed by atoms with van der Waals surface area (Å²) in [6.45, 7) is 5.92. The number of carbonyl (C=O) groups is 2. The fourth-order valence-electron chi connectivity index (χ4n) is 2.25. The van der Waals surface area contributed by atoms with Crippen LogP contribution in [0.5, 0.6) is 0 Å². The number of amides is 1. The lowest BCUT2D eigenvalue weighted by atomic mass is 9.99. The molecule has 2 heterocycles. The molecule has 1 aromatic rings. The van der Waals surface area contributed by atoms with E-state index in [9.17, 15) is 9.59 Å². The van der Waals surface area contributed by atoms with Crippen LogP contribution in [0.15, 0.2) is 10.6 Å². The Morgan fingerprint density at radius 3 is 2.80 bits per heavy atom. The first kappa shape index (κ1) is 14.7. The summed E-state index contributed by atoms with van der Waals surface area (Å²) in [7, 11) is 0. The number of anilines is 1. The van der Waals surface area contributed by atoms with Crippen LogP contribution in [-0.2, 0) is 9.59 Å². The van der Waals surface area contributed by atoms with Gasteiger partial charge in [0.05, 0.1) is 12.2 Å². The molecule has 1 aliphatic heterocycles. The summed E-state index contributed by atoms with van der Waals surface area (Å²) >= 11 is 0. The molecule has 1 N–H and O–H groups in total. The van der Waals surface area contributed by atoms with Gasteiger partial charge in [-0.2, -0.15) is 0 Å². The number of piperidine rings is 1. The van der Waals surface area contributed by atoms with E-state index in [1.807, 2.05) is 13.8 Å². The molecule has 0 saturated carbocycles. The molecule has 0 aliphatic carbocycles. The van der Waals surface area contributed by atoms with E-state index in [2.05, 4.69) is 15.4 Å². The Kier molecular flexibility index (Phi) is 4.89. The second-order valence-corrected chi connectivity index (χ2v) is 5.57. The fourth-order valence-corrected chi connectivity index (χ4v) is 2.25. The van der Waals surface area contributed by atoms with Gasteiger partial charge >= 0.3 is 0 Å². The van der Waals surface area contributed by atoms with Gasteiger partial charge in [-0.1, -0.05) is 19.0 Å². The van der Waals surface area contributed by atoms with Crippen molar-refractivity contribution in [2.24, 2.45) is 5.92 Å². The van der Waals surface area contributed by atoms with Crippen LogP contribution < -0.4 is 5.32 Å². The van der Waals surface area contributed by atoms with Gasteiger partial charge in [0.1, 0.15) is 6.29 Å². The van der Waals surface area contributed by atoms with Crippen LogP contribution in [0.3, 0.4) is 0 Å². The summed E-state index contributed by atoms with van der Waals surface area (Å²) in [6.07, 6.45) is 2.67. The minimum atomic E-state index is -0.110. The number of aromatic nitrogens is 1. The number of likely N-dealkylation sites (tertiary alicyclic amines) is 1. The van der Waals surface area contributed by atoms with Gasteiger partial charge in [-0.25, -0.2) is 0 Å². The van der Waals surface area contributed by atoms with Crippen molar-refractivity contribution in [2.45, 2.75) is 32.6 Å². The van der Waals surface area contributed by atoms with E-state index < -0.39 is 0 Å². The van der Waals surface area contributed by atoms with Crippen LogP contribution in [0.4, 0.5) is 5.88 Å². The molecule has 0 radical (unpaired) electrons. The van der Waals surface area contributed by atoms with Crippen LogP contribution in [0, 0.1) is 5.92 Å². The van der Waals surface area contributed by atoms with Gasteiger partial charge in [0.15, 0.2) is 0 Å². The second kappa shape index (κ2) is 6.65. The number of hydrogen-bond donors (Lipinski definition) is 1. The first-order valence-corrected chi connectivity index (χ1v) is 7.02. The zero-order valence-electron chi connectivity index (χ0n) is 12.0. The number of rotatable bonds is 5. The summed E-state index contributed by atoms with van der Waals surface area (Å²) in [4.78, 5) is 24.6. The van der Waals surface area contributed by atoms with E-state index >= 15 is 0 Å². The molecule has 20 heavy (non-hydrogen) atoms. The maximum absolute atomic E-state index is 11.9. The molecule has 0 aromatic carbocycles. The van der Waals surface area contributed by atoms with Gasteiger partial charge in [0.25, 0.3) is 0 Å². The van der Waals surface area contributed by atoms with Crippen molar-refractivity contribution in [3.05, 3.63) is 11.8 Å². The predicted molar refractivity (Wildman–Crippen MR) is 74.4 cm³/mol. The topological polar surface area (TPSA) is 75.4 Å². The summed E-state index contributed by atoms with van der Waals surface area (Å²) in [5.74, 6) is 0.700. The molecule has 2 rings (SSSR count). The van der Waals surface area contributed by atoms with Crippen LogP contribution in [0.1, 0.15) is 38.3 Å². The highest BCUT2D eigenvalue weighted by Crippen LogP contribution is 2.18. The van der Waals surface area contributed by atoms with Gasteiger partial charge in [0.2, 0.25) is 11.8 Å². The third-order valence-electron chi connectivity index (χ3n) is 3.57. The highest BCUT2D eigenvalue weighted by molar-refractivity contribution is 5.91. The van der Waals surface area contributed by atoms with Gasteiger partial charge in [-0.3, -0.25) is 15.0 Å². The monoisotopic (exact) mass is 279 g/mol. The number of aldehydes is 1. The third kappa shape index (κ3) is 3.90. The van der Waals surface area contributed by atoms with Crippen LogP contribution in [-0.4, -0.2) is 41.9 Å². The van der Waals surface area contributed by atoms with E-state index in [4.69, 9.17) is 4.52 Å². The third-order valence-corrected chi connectivity index (χ3v) is 3.57. The quantitative estimate of drug-likeness (QED) is 0.829. The van der Waals surface area contributed by atoms with Crippen LogP contribution in [0.2, 0.25) is 0 Å². The Bertz CT molecular complexity index is 462. The summed E-state index contributed by atoms with van der Waals surface area (Å²) in [6, 6.07) is 1.75. The molecule has 0 spiro atoms. The summed E-state index contributed by atoms with van der Waals surface area (Å²) in [5, 5.41) is 6.60. The van der Waals surface area contributed by atoms with Gasteiger partial charge in [-0.05, 0) is 31.8 Å². The molecule has 0 unspecified atom stereocenters. The van der Waals surface area contributed by atoms with E-state index in [1.165, 1.54) is 0 Å². The van der Waals surface area contributed by atoms with Crippen LogP contribution in [0.25, 0.3) is 0 Å². The Balaban J connectivity index is 1.79. The average molecular weight is 279 g/mol. The summed E-state index contributed by atoms with van der Waals surface area (Å²) < 4.78 is 5.07.